The summed E-state index contributed by atoms with van der Waals surface area (Å²) in [4.78, 5) is 4.44. The second kappa shape index (κ2) is 8.93. The van der Waals surface area contributed by atoms with Crippen molar-refractivity contribution < 1.29 is 13.9 Å². The number of ether oxygens (including phenoxy) is 2. The number of unbranched alkanes of at least 4 members (excludes halogenated alkanes) is 1. The van der Waals surface area contributed by atoms with Crippen LogP contribution in [0.25, 0.3) is 21.9 Å². The van der Waals surface area contributed by atoms with Crippen molar-refractivity contribution >= 4 is 44.8 Å². The number of anilines is 2. The molecule has 0 aliphatic carbocycles. The Labute approximate surface area is 179 Å². The van der Waals surface area contributed by atoms with E-state index in [1.165, 1.54) is 0 Å². The van der Waals surface area contributed by atoms with Crippen molar-refractivity contribution in [2.24, 2.45) is 0 Å². The number of alkyl halides is 1. The van der Waals surface area contributed by atoms with E-state index in [9.17, 15) is 5.26 Å². The molecule has 2 aromatic carbocycles. The van der Waals surface area contributed by atoms with Crippen molar-refractivity contribution in [1.82, 2.24) is 4.98 Å². The second-order valence-corrected chi connectivity index (χ2v) is 7.07. The van der Waals surface area contributed by atoms with Gasteiger partial charge in [-0.1, -0.05) is 12.1 Å². The lowest BCUT2D eigenvalue weighted by molar-refractivity contribution is 0.289. The van der Waals surface area contributed by atoms with Crippen LogP contribution in [0.1, 0.15) is 18.4 Å². The van der Waals surface area contributed by atoms with Gasteiger partial charge in [0, 0.05) is 28.9 Å². The molecule has 4 aromatic rings. The number of pyridine rings is 1. The molecule has 2 aromatic heterocycles. The Bertz CT molecular complexity index is 1230. The first-order chi connectivity index (χ1) is 14.7. The van der Waals surface area contributed by atoms with E-state index >= 15 is 0 Å². The minimum atomic E-state index is 0.420. The van der Waals surface area contributed by atoms with Gasteiger partial charge in [0.15, 0.2) is 17.1 Å². The molecule has 0 aliphatic heterocycles. The fourth-order valence-electron chi connectivity index (χ4n) is 3.30. The van der Waals surface area contributed by atoms with Crippen molar-refractivity contribution in [1.29, 1.82) is 5.26 Å². The summed E-state index contributed by atoms with van der Waals surface area (Å²) >= 11 is 5.73. The maximum Gasteiger partial charge on any atom is 0.163 e. The second-order valence-electron chi connectivity index (χ2n) is 6.69. The van der Waals surface area contributed by atoms with Crippen molar-refractivity contribution in [3.05, 3.63) is 54.4 Å². The third-order valence-corrected chi connectivity index (χ3v) is 5.07. The Morgan fingerprint density at radius 2 is 2.10 bits per heavy atom. The Balaban J connectivity index is 1.78. The summed E-state index contributed by atoms with van der Waals surface area (Å²) in [6, 6.07) is 13.6. The number of fused-ring (bicyclic) bond motifs is 2. The van der Waals surface area contributed by atoms with Gasteiger partial charge < -0.3 is 19.2 Å². The molecule has 0 radical (unpaired) electrons. The minimum Gasteiger partial charge on any atom is -0.493 e. The summed E-state index contributed by atoms with van der Waals surface area (Å²) < 4.78 is 17.0. The van der Waals surface area contributed by atoms with Crippen molar-refractivity contribution in [2.75, 3.05) is 24.9 Å². The van der Waals surface area contributed by atoms with Crippen LogP contribution in [0.3, 0.4) is 0 Å². The summed E-state index contributed by atoms with van der Waals surface area (Å²) in [5.41, 5.74) is 3.23. The van der Waals surface area contributed by atoms with Gasteiger partial charge in [0.2, 0.25) is 0 Å². The lowest BCUT2D eigenvalue weighted by Gasteiger charge is -2.15. The van der Waals surface area contributed by atoms with E-state index in [1.54, 1.807) is 19.6 Å². The maximum atomic E-state index is 9.66. The number of methoxy groups -OCH3 is 1. The number of benzene rings is 2. The number of rotatable bonds is 8. The predicted molar refractivity (Wildman–Crippen MR) is 118 cm³/mol. The number of nitrogens with zero attached hydrogens (tertiary/aromatic N) is 2. The molecule has 7 heteroatoms. The molecule has 1 N–H and O–H groups in total. The van der Waals surface area contributed by atoms with Crippen LogP contribution in [-0.4, -0.2) is 24.6 Å². The van der Waals surface area contributed by atoms with Gasteiger partial charge >= 0.3 is 0 Å². The normalized spacial score (nSPS) is 10.8. The first-order valence-corrected chi connectivity index (χ1v) is 10.1. The number of para-hydroxylation sites is 1. The number of hydrogen-bond donors (Lipinski definition) is 1. The van der Waals surface area contributed by atoms with Gasteiger partial charge in [-0.3, -0.25) is 4.98 Å². The number of halogens is 1. The molecule has 2 heterocycles. The van der Waals surface area contributed by atoms with Crippen molar-refractivity contribution in [3.63, 3.8) is 0 Å². The molecular weight excluding hydrogens is 402 g/mol. The molecule has 0 unspecified atom stereocenters. The lowest BCUT2D eigenvalue weighted by atomic mass is 10.1. The summed E-state index contributed by atoms with van der Waals surface area (Å²) in [5, 5.41) is 14.7. The van der Waals surface area contributed by atoms with E-state index < -0.39 is 0 Å². The van der Waals surface area contributed by atoms with Gasteiger partial charge in [-0.15, -0.1) is 11.6 Å². The van der Waals surface area contributed by atoms with Crippen LogP contribution >= 0.6 is 11.6 Å². The Hall–Kier alpha value is -3.43. The molecule has 0 bridgehead atoms. The summed E-state index contributed by atoms with van der Waals surface area (Å²) in [7, 11) is 1.59. The summed E-state index contributed by atoms with van der Waals surface area (Å²) in [6.45, 7) is 0.538. The highest BCUT2D eigenvalue weighted by Gasteiger charge is 2.16. The summed E-state index contributed by atoms with van der Waals surface area (Å²) in [5.74, 6) is 1.79. The molecule has 0 aliphatic rings. The highest BCUT2D eigenvalue weighted by atomic mass is 35.5. The van der Waals surface area contributed by atoms with Gasteiger partial charge in [0.05, 0.1) is 42.4 Å². The van der Waals surface area contributed by atoms with Crippen LogP contribution in [0.2, 0.25) is 0 Å². The first kappa shape index (κ1) is 19.9. The van der Waals surface area contributed by atoms with Crippen LogP contribution in [0.15, 0.2) is 53.3 Å². The highest BCUT2D eigenvalue weighted by Crippen LogP contribution is 2.38. The van der Waals surface area contributed by atoms with Crippen LogP contribution in [0, 0.1) is 11.3 Å². The van der Waals surface area contributed by atoms with E-state index in [1.807, 2.05) is 36.4 Å². The number of furan rings is 1. The number of nitriles is 1. The zero-order valence-electron chi connectivity index (χ0n) is 16.4. The zero-order valence-corrected chi connectivity index (χ0v) is 17.2. The van der Waals surface area contributed by atoms with Crippen LogP contribution in [0.5, 0.6) is 11.5 Å². The Morgan fingerprint density at radius 1 is 1.20 bits per heavy atom. The van der Waals surface area contributed by atoms with E-state index in [0.29, 0.717) is 40.8 Å². The highest BCUT2D eigenvalue weighted by molar-refractivity contribution is 6.17. The lowest BCUT2D eigenvalue weighted by Crippen LogP contribution is -2.02. The topological polar surface area (TPSA) is 80.3 Å². The minimum absolute atomic E-state index is 0.420. The van der Waals surface area contributed by atoms with Crippen LogP contribution in [-0.2, 0) is 0 Å². The fraction of sp³-hybridized carbons (Fsp3) is 0.217. The summed E-state index contributed by atoms with van der Waals surface area (Å²) in [6.07, 6.45) is 4.93. The van der Waals surface area contributed by atoms with Crippen molar-refractivity contribution in [2.45, 2.75) is 12.8 Å². The van der Waals surface area contributed by atoms with E-state index in [0.717, 1.165) is 34.9 Å². The average molecular weight is 422 g/mol. The van der Waals surface area contributed by atoms with Crippen LogP contribution < -0.4 is 14.8 Å². The average Bonchev–Trinajstić information content (AvgIpc) is 3.26. The molecule has 0 saturated heterocycles. The molecule has 0 spiro atoms. The standard InChI is InChI=1S/C23H20ClN3O3/c1-28-20-11-17-19(12-21(20)29-9-3-2-8-24)26-14-16(13-25)22(17)27-18-6-4-5-15-7-10-30-23(15)18/h4-7,10-12,14H,2-3,8-9H2,1H3,(H,26,27). The zero-order chi connectivity index (χ0) is 20.9. The van der Waals surface area contributed by atoms with E-state index in [2.05, 4.69) is 16.4 Å². The van der Waals surface area contributed by atoms with Gasteiger partial charge in [0.1, 0.15) is 6.07 Å². The Morgan fingerprint density at radius 3 is 2.90 bits per heavy atom. The Kier molecular flexibility index (Phi) is 5.92. The SMILES string of the molecule is COc1cc2c(Nc3cccc4ccoc34)c(C#N)cnc2cc1OCCCCCl. The first-order valence-electron chi connectivity index (χ1n) is 9.58. The molecule has 6 nitrogen and oxygen atoms in total. The van der Waals surface area contributed by atoms with Gasteiger partial charge in [0.25, 0.3) is 0 Å². The molecule has 0 fully saturated rings. The maximum absolute atomic E-state index is 9.66. The largest absolute Gasteiger partial charge is 0.493 e. The van der Waals surface area contributed by atoms with E-state index in [4.69, 9.17) is 25.5 Å². The smallest absolute Gasteiger partial charge is 0.163 e. The van der Waals surface area contributed by atoms with Gasteiger partial charge in [-0.25, -0.2) is 0 Å². The quantitative estimate of drug-likeness (QED) is 0.277. The third-order valence-electron chi connectivity index (χ3n) is 4.80. The molecule has 0 saturated carbocycles. The number of nitrogens with one attached hydrogen (secondary N) is 1. The molecule has 0 amide bonds. The molecule has 152 valence electrons. The molecule has 30 heavy (non-hydrogen) atoms. The van der Waals surface area contributed by atoms with E-state index in [-0.39, 0.29) is 0 Å². The van der Waals surface area contributed by atoms with Crippen LogP contribution in [0.4, 0.5) is 11.4 Å². The molecular formula is C23H20ClN3O3. The monoisotopic (exact) mass is 421 g/mol. The van der Waals surface area contributed by atoms with Gasteiger partial charge in [-0.2, -0.15) is 5.26 Å². The van der Waals surface area contributed by atoms with Gasteiger partial charge in [-0.05, 0) is 31.0 Å². The number of aromatic nitrogens is 1. The molecule has 0 atom stereocenters. The molecule has 4 rings (SSSR count). The third kappa shape index (κ3) is 3.85. The predicted octanol–water partition coefficient (Wildman–Crippen LogP) is 6.00. The fourth-order valence-corrected chi connectivity index (χ4v) is 3.49. The number of hydrogen-bond acceptors (Lipinski definition) is 6. The van der Waals surface area contributed by atoms with Crippen molar-refractivity contribution in [3.8, 4) is 17.6 Å².